The number of carbonyl (C=O) groups excluding carboxylic acids is 3. The maximum Gasteiger partial charge on any atom is 0.338 e. The zero-order chi connectivity index (χ0) is 19.5. The monoisotopic (exact) mass is 372 g/mol. The summed E-state index contributed by atoms with van der Waals surface area (Å²) >= 11 is 0. The Hall–Kier alpha value is -3.09. The minimum Gasteiger partial charge on any atom is -0.462 e. The summed E-state index contributed by atoms with van der Waals surface area (Å²) in [4.78, 5) is 35.4. The molecule has 2 rings (SSSR count). The molecular formula is C20H24N2O5. The number of unbranched alkanes of at least 4 members (excludes halogenated alkanes) is 1. The molecule has 0 aliphatic carbocycles. The molecule has 1 aromatic heterocycles. The van der Waals surface area contributed by atoms with Gasteiger partial charge in [0.15, 0.2) is 5.76 Å². The Morgan fingerprint density at radius 2 is 1.85 bits per heavy atom. The Labute approximate surface area is 158 Å². The van der Waals surface area contributed by atoms with E-state index >= 15 is 0 Å². The molecule has 0 atom stereocenters. The number of amides is 2. The lowest BCUT2D eigenvalue weighted by Crippen LogP contribution is -2.25. The summed E-state index contributed by atoms with van der Waals surface area (Å²) in [5.41, 5.74) is 1.05. The fourth-order valence-corrected chi connectivity index (χ4v) is 2.25. The van der Waals surface area contributed by atoms with E-state index in [9.17, 15) is 14.4 Å². The van der Waals surface area contributed by atoms with Gasteiger partial charge >= 0.3 is 5.97 Å². The predicted octanol–water partition coefficient (Wildman–Crippen LogP) is 3.39. The van der Waals surface area contributed by atoms with Gasteiger partial charge < -0.3 is 19.8 Å². The van der Waals surface area contributed by atoms with E-state index in [0.717, 1.165) is 12.8 Å². The predicted molar refractivity (Wildman–Crippen MR) is 101 cm³/mol. The molecule has 7 heteroatoms. The van der Waals surface area contributed by atoms with Crippen molar-refractivity contribution in [2.75, 3.05) is 18.5 Å². The molecule has 0 spiro atoms. The number of nitrogens with one attached hydrogen (secondary N) is 2. The van der Waals surface area contributed by atoms with Crippen molar-refractivity contribution in [3.63, 3.8) is 0 Å². The summed E-state index contributed by atoms with van der Waals surface area (Å²) in [6, 6.07) is 9.77. The molecule has 0 saturated heterocycles. The second kappa shape index (κ2) is 10.8. The molecule has 0 aliphatic rings. The van der Waals surface area contributed by atoms with Crippen LogP contribution in [0.3, 0.4) is 0 Å². The molecule has 1 heterocycles. The Bertz CT molecular complexity index is 738. The van der Waals surface area contributed by atoms with Crippen LogP contribution >= 0.6 is 0 Å². The van der Waals surface area contributed by atoms with Gasteiger partial charge in [-0.05, 0) is 49.2 Å². The second-order valence-corrected chi connectivity index (χ2v) is 5.95. The molecule has 0 bridgehead atoms. The summed E-state index contributed by atoms with van der Waals surface area (Å²) in [7, 11) is 0. The lowest BCUT2D eigenvalue weighted by molar-refractivity contribution is -0.116. The maximum atomic E-state index is 11.9. The van der Waals surface area contributed by atoms with Gasteiger partial charge in [0.25, 0.3) is 5.91 Å². The first-order valence-electron chi connectivity index (χ1n) is 8.99. The average molecular weight is 372 g/mol. The van der Waals surface area contributed by atoms with Gasteiger partial charge in [-0.25, -0.2) is 4.79 Å². The van der Waals surface area contributed by atoms with E-state index in [0.29, 0.717) is 30.8 Å². The zero-order valence-corrected chi connectivity index (χ0v) is 15.3. The van der Waals surface area contributed by atoms with Gasteiger partial charge in [0.2, 0.25) is 5.91 Å². The van der Waals surface area contributed by atoms with Crippen LogP contribution in [0.2, 0.25) is 0 Å². The van der Waals surface area contributed by atoms with Gasteiger partial charge in [-0.15, -0.1) is 0 Å². The largest absolute Gasteiger partial charge is 0.462 e. The van der Waals surface area contributed by atoms with Gasteiger partial charge in [0.1, 0.15) is 0 Å². The average Bonchev–Trinajstić information content (AvgIpc) is 3.20. The van der Waals surface area contributed by atoms with Crippen LogP contribution in [0.1, 0.15) is 53.5 Å². The van der Waals surface area contributed by atoms with Gasteiger partial charge in [0.05, 0.1) is 18.4 Å². The van der Waals surface area contributed by atoms with Crippen LogP contribution in [0.25, 0.3) is 0 Å². The van der Waals surface area contributed by atoms with Crippen LogP contribution in [0.4, 0.5) is 5.69 Å². The Kier molecular flexibility index (Phi) is 8.09. The van der Waals surface area contributed by atoms with Crippen LogP contribution in [0, 0.1) is 0 Å². The first kappa shape index (κ1) is 20.2. The van der Waals surface area contributed by atoms with Gasteiger partial charge in [0, 0.05) is 18.7 Å². The second-order valence-electron chi connectivity index (χ2n) is 5.95. The fraction of sp³-hybridized carbons (Fsp3) is 0.350. The number of esters is 1. The highest BCUT2D eigenvalue weighted by Crippen LogP contribution is 2.11. The normalized spacial score (nSPS) is 10.3. The highest BCUT2D eigenvalue weighted by molar-refractivity contribution is 5.93. The number of rotatable bonds is 10. The van der Waals surface area contributed by atoms with Crippen molar-refractivity contribution in [2.24, 2.45) is 0 Å². The number of carbonyl (C=O) groups is 3. The lowest BCUT2D eigenvalue weighted by Gasteiger charge is -2.07. The fourth-order valence-electron chi connectivity index (χ4n) is 2.25. The quantitative estimate of drug-likeness (QED) is 0.492. The molecule has 0 saturated carbocycles. The summed E-state index contributed by atoms with van der Waals surface area (Å²) in [6.07, 6.45) is 3.99. The summed E-state index contributed by atoms with van der Waals surface area (Å²) in [6.45, 7) is 2.80. The van der Waals surface area contributed by atoms with E-state index in [4.69, 9.17) is 9.15 Å². The van der Waals surface area contributed by atoms with Crippen LogP contribution in [0.15, 0.2) is 47.1 Å². The third kappa shape index (κ3) is 6.97. The number of anilines is 1. The van der Waals surface area contributed by atoms with Crippen LogP contribution in [0.5, 0.6) is 0 Å². The van der Waals surface area contributed by atoms with Crippen molar-refractivity contribution in [3.05, 3.63) is 54.0 Å². The highest BCUT2D eigenvalue weighted by Gasteiger charge is 2.09. The first-order valence-corrected chi connectivity index (χ1v) is 8.99. The first-order chi connectivity index (χ1) is 13.1. The summed E-state index contributed by atoms with van der Waals surface area (Å²) in [5, 5.41) is 5.43. The molecule has 7 nitrogen and oxygen atoms in total. The number of furan rings is 1. The molecular weight excluding hydrogens is 348 g/mol. The number of benzene rings is 1. The highest BCUT2D eigenvalue weighted by atomic mass is 16.5. The molecule has 0 radical (unpaired) electrons. The van der Waals surface area contributed by atoms with Crippen molar-refractivity contribution in [3.8, 4) is 0 Å². The number of hydrogen-bond acceptors (Lipinski definition) is 5. The van der Waals surface area contributed by atoms with E-state index in [-0.39, 0.29) is 30.0 Å². The number of hydrogen-bond donors (Lipinski definition) is 2. The zero-order valence-electron chi connectivity index (χ0n) is 15.3. The molecule has 0 unspecified atom stereocenters. The maximum absolute atomic E-state index is 11.9. The SMILES string of the molecule is CCCCOC(=O)c1ccc(NC(=O)CCCNC(=O)c2ccco2)cc1. The van der Waals surface area contributed by atoms with E-state index in [1.807, 2.05) is 6.92 Å². The molecule has 0 fully saturated rings. The lowest BCUT2D eigenvalue weighted by atomic mass is 10.2. The number of ether oxygens (including phenoxy) is 1. The standard InChI is InChI=1S/C20H24N2O5/c1-2-3-13-27-20(25)15-8-10-16(11-9-15)22-18(23)7-4-12-21-19(24)17-6-5-14-26-17/h5-6,8-11,14H,2-4,7,12-13H2,1H3,(H,21,24)(H,22,23). The Morgan fingerprint density at radius 3 is 2.52 bits per heavy atom. The molecule has 2 aromatic rings. The molecule has 1 aromatic carbocycles. The van der Waals surface area contributed by atoms with Crippen LogP contribution in [-0.2, 0) is 9.53 Å². The van der Waals surface area contributed by atoms with Crippen LogP contribution < -0.4 is 10.6 Å². The summed E-state index contributed by atoms with van der Waals surface area (Å²) in [5.74, 6) is -0.594. The minimum atomic E-state index is -0.367. The van der Waals surface area contributed by atoms with Crippen molar-refractivity contribution in [2.45, 2.75) is 32.6 Å². The molecule has 2 N–H and O–H groups in total. The van der Waals surface area contributed by atoms with Crippen LogP contribution in [-0.4, -0.2) is 30.9 Å². The Balaban J connectivity index is 1.67. The van der Waals surface area contributed by atoms with Crippen molar-refractivity contribution >= 4 is 23.5 Å². The topological polar surface area (TPSA) is 97.6 Å². The Morgan fingerprint density at radius 1 is 1.07 bits per heavy atom. The van der Waals surface area contributed by atoms with E-state index in [2.05, 4.69) is 10.6 Å². The van der Waals surface area contributed by atoms with Gasteiger partial charge in [-0.3, -0.25) is 9.59 Å². The third-order valence-electron chi connectivity index (χ3n) is 3.75. The van der Waals surface area contributed by atoms with E-state index in [1.165, 1.54) is 6.26 Å². The molecule has 27 heavy (non-hydrogen) atoms. The van der Waals surface area contributed by atoms with Gasteiger partial charge in [-0.2, -0.15) is 0 Å². The third-order valence-corrected chi connectivity index (χ3v) is 3.75. The van der Waals surface area contributed by atoms with Crippen molar-refractivity contribution in [1.82, 2.24) is 5.32 Å². The van der Waals surface area contributed by atoms with E-state index in [1.54, 1.807) is 36.4 Å². The van der Waals surface area contributed by atoms with Crippen molar-refractivity contribution < 1.29 is 23.5 Å². The molecule has 2 amide bonds. The molecule has 0 aliphatic heterocycles. The molecule has 144 valence electrons. The van der Waals surface area contributed by atoms with Crippen molar-refractivity contribution in [1.29, 1.82) is 0 Å². The van der Waals surface area contributed by atoms with E-state index < -0.39 is 0 Å². The summed E-state index contributed by atoms with van der Waals surface area (Å²) < 4.78 is 10.1. The minimum absolute atomic E-state index is 0.166. The smallest absolute Gasteiger partial charge is 0.338 e. The van der Waals surface area contributed by atoms with Gasteiger partial charge in [-0.1, -0.05) is 13.3 Å².